The molecular formula is C16H20N2OS. The van der Waals surface area contributed by atoms with Crippen molar-refractivity contribution in [1.29, 1.82) is 0 Å². The maximum absolute atomic E-state index is 5.59. The number of ether oxygens (including phenoxy) is 1. The van der Waals surface area contributed by atoms with Gasteiger partial charge in [-0.3, -0.25) is 0 Å². The maximum Gasteiger partial charge on any atom is 0.171 e. The lowest BCUT2D eigenvalue weighted by Gasteiger charge is -2.29. The van der Waals surface area contributed by atoms with Crippen LogP contribution < -0.4 is 15.4 Å². The average molecular weight is 288 g/mol. The van der Waals surface area contributed by atoms with E-state index in [4.69, 9.17) is 23.4 Å². The van der Waals surface area contributed by atoms with E-state index in [2.05, 4.69) is 16.6 Å². The SMILES string of the molecule is C#CC1CCCCC1NC(=S)Nc1cccc(OC)c1. The van der Waals surface area contributed by atoms with Crippen LogP contribution in [0.1, 0.15) is 25.7 Å². The van der Waals surface area contributed by atoms with Crippen molar-refractivity contribution in [3.05, 3.63) is 24.3 Å². The molecule has 0 bridgehead atoms. The summed E-state index contributed by atoms with van der Waals surface area (Å²) in [6, 6.07) is 7.97. The van der Waals surface area contributed by atoms with Crippen LogP contribution in [0.15, 0.2) is 24.3 Å². The van der Waals surface area contributed by atoms with E-state index in [0.29, 0.717) is 5.11 Å². The van der Waals surface area contributed by atoms with Crippen LogP contribution in [0.3, 0.4) is 0 Å². The van der Waals surface area contributed by atoms with Crippen LogP contribution in [0.5, 0.6) is 5.75 Å². The molecule has 1 fully saturated rings. The standard InChI is InChI=1S/C16H20N2OS/c1-3-12-7-4-5-10-15(12)18-16(20)17-13-8-6-9-14(11-13)19-2/h1,6,8-9,11-12,15H,4-5,7,10H2,2H3,(H2,17,18,20). The molecule has 1 aliphatic rings. The molecule has 0 heterocycles. The van der Waals surface area contributed by atoms with Crippen molar-refractivity contribution in [1.82, 2.24) is 5.32 Å². The molecule has 2 rings (SSSR count). The molecule has 0 amide bonds. The molecule has 0 radical (unpaired) electrons. The molecule has 2 atom stereocenters. The van der Waals surface area contributed by atoms with Crippen LogP contribution >= 0.6 is 12.2 Å². The van der Waals surface area contributed by atoms with E-state index >= 15 is 0 Å². The first-order chi connectivity index (χ1) is 9.72. The van der Waals surface area contributed by atoms with Crippen molar-refractivity contribution in [2.75, 3.05) is 12.4 Å². The topological polar surface area (TPSA) is 33.3 Å². The van der Waals surface area contributed by atoms with Crippen molar-refractivity contribution in [2.24, 2.45) is 5.92 Å². The highest BCUT2D eigenvalue weighted by Gasteiger charge is 2.23. The highest BCUT2D eigenvalue weighted by Crippen LogP contribution is 2.24. The Morgan fingerprint density at radius 2 is 2.20 bits per heavy atom. The molecule has 1 aromatic rings. The van der Waals surface area contributed by atoms with Gasteiger partial charge in [-0.25, -0.2) is 0 Å². The summed E-state index contributed by atoms with van der Waals surface area (Å²) in [5.41, 5.74) is 0.912. The van der Waals surface area contributed by atoms with E-state index in [0.717, 1.165) is 24.3 Å². The zero-order chi connectivity index (χ0) is 14.4. The number of anilines is 1. The molecule has 1 aromatic carbocycles. The molecule has 106 valence electrons. The van der Waals surface area contributed by atoms with Crippen molar-refractivity contribution < 1.29 is 4.74 Å². The zero-order valence-corrected chi connectivity index (χ0v) is 12.5. The van der Waals surface area contributed by atoms with E-state index in [1.807, 2.05) is 24.3 Å². The van der Waals surface area contributed by atoms with Gasteiger partial charge in [-0.05, 0) is 37.2 Å². The molecule has 20 heavy (non-hydrogen) atoms. The quantitative estimate of drug-likeness (QED) is 0.661. The zero-order valence-electron chi connectivity index (χ0n) is 11.7. The normalized spacial score (nSPS) is 21.6. The first-order valence-corrected chi connectivity index (χ1v) is 7.31. The minimum atomic E-state index is 0.272. The summed E-state index contributed by atoms with van der Waals surface area (Å²) in [5, 5.41) is 7.14. The predicted octanol–water partition coefficient (Wildman–Crippen LogP) is 3.17. The van der Waals surface area contributed by atoms with Gasteiger partial charge in [0, 0.05) is 23.7 Å². The van der Waals surface area contributed by atoms with Gasteiger partial charge in [-0.15, -0.1) is 12.3 Å². The third kappa shape index (κ3) is 3.88. The third-order valence-electron chi connectivity index (χ3n) is 3.62. The van der Waals surface area contributed by atoms with Gasteiger partial charge in [0.2, 0.25) is 0 Å². The molecular weight excluding hydrogens is 268 g/mol. The molecule has 2 N–H and O–H groups in total. The van der Waals surface area contributed by atoms with Crippen LogP contribution in [0.25, 0.3) is 0 Å². The second-order valence-electron chi connectivity index (χ2n) is 4.99. The molecule has 2 unspecified atom stereocenters. The number of methoxy groups -OCH3 is 1. The molecule has 3 nitrogen and oxygen atoms in total. The van der Waals surface area contributed by atoms with Crippen LogP contribution in [0.4, 0.5) is 5.69 Å². The largest absolute Gasteiger partial charge is 0.497 e. The van der Waals surface area contributed by atoms with Crippen LogP contribution in [-0.4, -0.2) is 18.3 Å². The molecule has 1 aliphatic carbocycles. The van der Waals surface area contributed by atoms with Gasteiger partial charge in [-0.1, -0.05) is 18.9 Å². The lowest BCUT2D eigenvalue weighted by atomic mass is 9.85. The molecule has 0 saturated heterocycles. The number of thiocarbonyl (C=S) groups is 1. The summed E-state index contributed by atoms with van der Waals surface area (Å²) in [6.07, 6.45) is 10.2. The number of benzene rings is 1. The van der Waals surface area contributed by atoms with Crippen LogP contribution in [0.2, 0.25) is 0 Å². The number of nitrogens with one attached hydrogen (secondary N) is 2. The van der Waals surface area contributed by atoms with Crippen LogP contribution in [-0.2, 0) is 0 Å². The van der Waals surface area contributed by atoms with Gasteiger partial charge in [0.15, 0.2) is 5.11 Å². The Bertz CT molecular complexity index is 509. The Labute approximate surface area is 126 Å². The van der Waals surface area contributed by atoms with Gasteiger partial charge in [-0.2, -0.15) is 0 Å². The van der Waals surface area contributed by atoms with E-state index in [9.17, 15) is 0 Å². The molecule has 0 aromatic heterocycles. The number of rotatable bonds is 3. The smallest absolute Gasteiger partial charge is 0.171 e. The Balaban J connectivity index is 1.93. The Kier molecular flexibility index (Phi) is 5.25. The fourth-order valence-electron chi connectivity index (χ4n) is 2.54. The average Bonchev–Trinajstić information content (AvgIpc) is 2.48. The fourth-order valence-corrected chi connectivity index (χ4v) is 2.81. The molecule has 1 saturated carbocycles. The van der Waals surface area contributed by atoms with Gasteiger partial charge >= 0.3 is 0 Å². The van der Waals surface area contributed by atoms with E-state index < -0.39 is 0 Å². The van der Waals surface area contributed by atoms with E-state index in [-0.39, 0.29) is 12.0 Å². The van der Waals surface area contributed by atoms with E-state index in [1.165, 1.54) is 12.8 Å². The second kappa shape index (κ2) is 7.16. The minimum absolute atomic E-state index is 0.272. The van der Waals surface area contributed by atoms with Gasteiger partial charge < -0.3 is 15.4 Å². The Morgan fingerprint density at radius 1 is 1.40 bits per heavy atom. The first-order valence-electron chi connectivity index (χ1n) is 6.90. The van der Waals surface area contributed by atoms with Gasteiger partial charge in [0.05, 0.1) is 7.11 Å². The number of hydrogen-bond donors (Lipinski definition) is 2. The lowest BCUT2D eigenvalue weighted by molar-refractivity contribution is 0.348. The fraction of sp³-hybridized carbons (Fsp3) is 0.438. The number of hydrogen-bond acceptors (Lipinski definition) is 2. The Hall–Kier alpha value is -1.73. The maximum atomic E-state index is 5.59. The van der Waals surface area contributed by atoms with Crippen molar-refractivity contribution >= 4 is 23.0 Å². The Morgan fingerprint density at radius 3 is 2.95 bits per heavy atom. The monoisotopic (exact) mass is 288 g/mol. The van der Waals surface area contributed by atoms with Crippen molar-refractivity contribution in [2.45, 2.75) is 31.7 Å². The highest BCUT2D eigenvalue weighted by atomic mass is 32.1. The minimum Gasteiger partial charge on any atom is -0.497 e. The van der Waals surface area contributed by atoms with Crippen molar-refractivity contribution in [3.63, 3.8) is 0 Å². The van der Waals surface area contributed by atoms with Gasteiger partial charge in [0.1, 0.15) is 5.75 Å². The van der Waals surface area contributed by atoms with Gasteiger partial charge in [0.25, 0.3) is 0 Å². The molecule has 0 spiro atoms. The van der Waals surface area contributed by atoms with Crippen LogP contribution in [0, 0.1) is 18.3 Å². The molecule has 0 aliphatic heterocycles. The number of terminal acetylenes is 1. The molecule has 4 heteroatoms. The second-order valence-corrected chi connectivity index (χ2v) is 5.40. The summed E-state index contributed by atoms with van der Waals surface area (Å²) in [7, 11) is 1.65. The summed E-state index contributed by atoms with van der Waals surface area (Å²) in [4.78, 5) is 0. The van der Waals surface area contributed by atoms with Crippen molar-refractivity contribution in [3.8, 4) is 18.1 Å². The summed E-state index contributed by atoms with van der Waals surface area (Å²) >= 11 is 5.37. The van der Waals surface area contributed by atoms with E-state index in [1.54, 1.807) is 7.11 Å². The lowest BCUT2D eigenvalue weighted by Crippen LogP contribution is -2.43. The summed E-state index contributed by atoms with van der Waals surface area (Å²) in [6.45, 7) is 0. The predicted molar refractivity (Wildman–Crippen MR) is 86.9 cm³/mol. The first kappa shape index (κ1) is 14.7. The summed E-state index contributed by atoms with van der Waals surface area (Å²) in [5.74, 6) is 3.95. The third-order valence-corrected chi connectivity index (χ3v) is 3.84. The highest BCUT2D eigenvalue weighted by molar-refractivity contribution is 7.80. The summed E-state index contributed by atoms with van der Waals surface area (Å²) < 4.78 is 5.19.